The van der Waals surface area contributed by atoms with Gasteiger partial charge in [-0.1, -0.05) is 0 Å². The van der Waals surface area contributed by atoms with E-state index in [-0.39, 0.29) is 12.5 Å². The molecule has 0 aromatic carbocycles. The van der Waals surface area contributed by atoms with Gasteiger partial charge in [0.05, 0.1) is 19.1 Å². The second-order valence-electron chi connectivity index (χ2n) is 4.72. The maximum atomic E-state index is 10.6. The highest BCUT2D eigenvalue weighted by Crippen LogP contribution is 2.33. The third-order valence-electron chi connectivity index (χ3n) is 3.08. The molecule has 2 aliphatic rings. The Bertz CT molecular complexity index is 261. The minimum atomic E-state index is -0.845. The molecule has 2 aliphatic heterocycles. The van der Waals surface area contributed by atoms with E-state index in [1.54, 1.807) is 0 Å². The molecule has 2 heterocycles. The van der Waals surface area contributed by atoms with Crippen molar-refractivity contribution >= 4 is 5.97 Å². The summed E-state index contributed by atoms with van der Waals surface area (Å²) in [5.41, 5.74) is 0. The normalized spacial score (nSPS) is 39.1. The van der Waals surface area contributed by atoms with Crippen molar-refractivity contribution in [2.45, 2.75) is 38.1 Å². The molecule has 0 spiro atoms. The maximum Gasteiger partial charge on any atom is 0.306 e. The van der Waals surface area contributed by atoms with Gasteiger partial charge >= 0.3 is 5.97 Å². The van der Waals surface area contributed by atoms with Gasteiger partial charge in [-0.25, -0.2) is 0 Å². The number of rotatable bonds is 4. The summed E-state index contributed by atoms with van der Waals surface area (Å²) in [6, 6.07) is 0. The fraction of sp³-hybridized carbons (Fsp3) is 0.909. The smallest absolute Gasteiger partial charge is 0.306 e. The van der Waals surface area contributed by atoms with Crippen molar-refractivity contribution in [2.75, 3.05) is 19.8 Å². The van der Waals surface area contributed by atoms with Crippen molar-refractivity contribution < 1.29 is 24.1 Å². The molecular formula is C11H18O5. The van der Waals surface area contributed by atoms with E-state index in [2.05, 4.69) is 0 Å². The van der Waals surface area contributed by atoms with Crippen molar-refractivity contribution in [3.63, 3.8) is 0 Å². The first-order valence-electron chi connectivity index (χ1n) is 5.69. The van der Waals surface area contributed by atoms with Gasteiger partial charge in [0.25, 0.3) is 0 Å². The molecule has 3 unspecified atom stereocenters. The van der Waals surface area contributed by atoms with E-state index in [0.29, 0.717) is 12.5 Å². The molecule has 5 nitrogen and oxygen atoms in total. The number of carboxylic acid groups (broad SMARTS) is 1. The number of carbonyl (C=O) groups is 1. The second kappa shape index (κ2) is 4.69. The van der Waals surface area contributed by atoms with E-state index < -0.39 is 11.8 Å². The molecular weight excluding hydrogens is 212 g/mol. The molecule has 5 heteroatoms. The van der Waals surface area contributed by atoms with Crippen LogP contribution in [0.4, 0.5) is 0 Å². The van der Waals surface area contributed by atoms with E-state index in [9.17, 15) is 4.79 Å². The Balaban J connectivity index is 1.82. The van der Waals surface area contributed by atoms with Gasteiger partial charge in [-0.3, -0.25) is 4.79 Å². The van der Waals surface area contributed by atoms with Crippen LogP contribution < -0.4 is 0 Å². The Morgan fingerprint density at radius 2 is 2.31 bits per heavy atom. The average molecular weight is 230 g/mol. The summed E-state index contributed by atoms with van der Waals surface area (Å²) >= 11 is 0. The van der Waals surface area contributed by atoms with E-state index in [1.165, 1.54) is 0 Å². The lowest BCUT2D eigenvalue weighted by atomic mass is 9.99. The van der Waals surface area contributed by atoms with Crippen LogP contribution in [0.25, 0.3) is 0 Å². The molecule has 0 aliphatic carbocycles. The van der Waals surface area contributed by atoms with Gasteiger partial charge in [0.15, 0.2) is 5.79 Å². The Kier molecular flexibility index (Phi) is 3.47. The maximum absolute atomic E-state index is 10.6. The summed E-state index contributed by atoms with van der Waals surface area (Å²) in [7, 11) is 0. The van der Waals surface area contributed by atoms with Gasteiger partial charge in [0.1, 0.15) is 0 Å². The van der Waals surface area contributed by atoms with E-state index in [1.807, 2.05) is 6.92 Å². The van der Waals surface area contributed by atoms with E-state index >= 15 is 0 Å². The number of ether oxygens (including phenoxy) is 3. The van der Waals surface area contributed by atoms with Gasteiger partial charge in [-0.2, -0.15) is 0 Å². The van der Waals surface area contributed by atoms with Gasteiger partial charge < -0.3 is 19.3 Å². The first-order chi connectivity index (χ1) is 7.57. The lowest BCUT2D eigenvalue weighted by Crippen LogP contribution is -2.30. The SMILES string of the molecule is CC1(CC2CCOC2)OCC(CC(=O)O)O1. The van der Waals surface area contributed by atoms with Crippen LogP contribution in [0, 0.1) is 5.92 Å². The highest BCUT2D eigenvalue weighted by Gasteiger charge is 2.40. The van der Waals surface area contributed by atoms with Gasteiger partial charge in [-0.05, 0) is 19.3 Å². The Hall–Kier alpha value is -0.650. The molecule has 0 aromatic rings. The van der Waals surface area contributed by atoms with Crippen LogP contribution in [-0.2, 0) is 19.0 Å². The zero-order valence-electron chi connectivity index (χ0n) is 9.48. The molecule has 0 aromatic heterocycles. The molecule has 16 heavy (non-hydrogen) atoms. The van der Waals surface area contributed by atoms with Crippen molar-refractivity contribution in [1.29, 1.82) is 0 Å². The predicted molar refractivity (Wildman–Crippen MR) is 55.0 cm³/mol. The predicted octanol–water partition coefficient (Wildman–Crippen LogP) is 1.02. The molecule has 0 saturated carbocycles. The van der Waals surface area contributed by atoms with Gasteiger partial charge in [-0.15, -0.1) is 0 Å². The molecule has 1 N–H and O–H groups in total. The van der Waals surface area contributed by atoms with Crippen LogP contribution in [0.1, 0.15) is 26.2 Å². The molecule has 3 atom stereocenters. The number of hydrogen-bond acceptors (Lipinski definition) is 4. The van der Waals surface area contributed by atoms with Crippen molar-refractivity contribution in [3.8, 4) is 0 Å². The summed E-state index contributed by atoms with van der Waals surface area (Å²) in [6.07, 6.45) is 1.51. The summed E-state index contributed by atoms with van der Waals surface area (Å²) in [5, 5.41) is 8.67. The minimum absolute atomic E-state index is 0.0107. The topological polar surface area (TPSA) is 65.0 Å². The lowest BCUT2D eigenvalue weighted by Gasteiger charge is -2.25. The monoisotopic (exact) mass is 230 g/mol. The van der Waals surface area contributed by atoms with Crippen molar-refractivity contribution in [2.24, 2.45) is 5.92 Å². The Morgan fingerprint density at radius 1 is 1.50 bits per heavy atom. The van der Waals surface area contributed by atoms with Crippen LogP contribution in [0.3, 0.4) is 0 Å². The third-order valence-corrected chi connectivity index (χ3v) is 3.08. The molecule has 2 rings (SSSR count). The molecule has 0 amide bonds. The molecule has 2 saturated heterocycles. The van der Waals surface area contributed by atoms with Crippen LogP contribution >= 0.6 is 0 Å². The van der Waals surface area contributed by atoms with Crippen LogP contribution in [-0.4, -0.2) is 42.8 Å². The van der Waals surface area contributed by atoms with E-state index in [4.69, 9.17) is 19.3 Å². The van der Waals surface area contributed by atoms with Gasteiger partial charge in [0.2, 0.25) is 0 Å². The highest BCUT2D eigenvalue weighted by atomic mass is 16.7. The molecule has 0 radical (unpaired) electrons. The summed E-state index contributed by atoms with van der Waals surface area (Å²) in [4.78, 5) is 10.6. The zero-order chi connectivity index (χ0) is 11.6. The summed E-state index contributed by atoms with van der Waals surface area (Å²) < 4.78 is 16.5. The fourth-order valence-corrected chi connectivity index (χ4v) is 2.36. The van der Waals surface area contributed by atoms with Crippen LogP contribution in [0.15, 0.2) is 0 Å². The highest BCUT2D eigenvalue weighted by molar-refractivity contribution is 5.67. The molecule has 92 valence electrons. The number of hydrogen-bond donors (Lipinski definition) is 1. The van der Waals surface area contributed by atoms with Crippen molar-refractivity contribution in [1.82, 2.24) is 0 Å². The summed E-state index contributed by atoms with van der Waals surface area (Å²) in [5.74, 6) is -1.01. The second-order valence-corrected chi connectivity index (χ2v) is 4.72. The first-order valence-corrected chi connectivity index (χ1v) is 5.69. The Morgan fingerprint density at radius 3 is 2.94 bits per heavy atom. The van der Waals surface area contributed by atoms with Gasteiger partial charge in [0, 0.05) is 19.6 Å². The van der Waals surface area contributed by atoms with Crippen LogP contribution in [0.5, 0.6) is 0 Å². The van der Waals surface area contributed by atoms with Crippen LogP contribution in [0.2, 0.25) is 0 Å². The standard InChI is InChI=1S/C11H18O5/c1-11(5-8-2-3-14-6-8)15-7-9(16-11)4-10(12)13/h8-9H,2-7H2,1H3,(H,12,13). The molecule has 0 bridgehead atoms. The zero-order valence-corrected chi connectivity index (χ0v) is 9.48. The number of carboxylic acids is 1. The first kappa shape index (κ1) is 11.8. The average Bonchev–Trinajstić information content (AvgIpc) is 2.76. The molecule has 2 fully saturated rings. The van der Waals surface area contributed by atoms with Crippen molar-refractivity contribution in [3.05, 3.63) is 0 Å². The largest absolute Gasteiger partial charge is 0.481 e. The Labute approximate surface area is 94.7 Å². The number of aliphatic carboxylic acids is 1. The van der Waals surface area contributed by atoms with E-state index in [0.717, 1.165) is 26.1 Å². The third kappa shape index (κ3) is 2.93. The minimum Gasteiger partial charge on any atom is -0.481 e. The fourth-order valence-electron chi connectivity index (χ4n) is 2.36. The lowest BCUT2D eigenvalue weighted by molar-refractivity contribution is -0.169. The quantitative estimate of drug-likeness (QED) is 0.781. The summed E-state index contributed by atoms with van der Waals surface area (Å²) in [6.45, 7) is 3.81.